The number of nitrogens with zero attached hydrogens (tertiary/aromatic N) is 3. The highest BCUT2D eigenvalue weighted by atomic mass is 16.6. The maximum atomic E-state index is 12.9. The third-order valence-corrected chi connectivity index (χ3v) is 6.51. The Kier molecular flexibility index (Phi) is 7.19. The third kappa shape index (κ3) is 4.78. The second kappa shape index (κ2) is 10.3. The molecule has 8 heteroatoms. The summed E-state index contributed by atoms with van der Waals surface area (Å²) in [5.74, 6) is -0.0823. The number of quaternary nitrogens is 1. The fourth-order valence-corrected chi connectivity index (χ4v) is 4.80. The summed E-state index contributed by atoms with van der Waals surface area (Å²) in [4.78, 5) is 31.2. The van der Waals surface area contributed by atoms with Crippen molar-refractivity contribution in [2.24, 2.45) is 0 Å². The Bertz CT molecular complexity index is 1080. The molecule has 34 heavy (non-hydrogen) atoms. The topological polar surface area (TPSA) is 89.9 Å². The molecule has 4 rings (SSSR count). The molecule has 2 heterocycles. The zero-order valence-electron chi connectivity index (χ0n) is 19.9. The molecule has 2 aromatic rings. The average molecular weight is 466 g/mol. The number of likely N-dealkylation sites (N-methyl/N-ethyl adjacent to an activating group) is 1. The van der Waals surface area contributed by atoms with Gasteiger partial charge in [-0.15, -0.1) is 0 Å². The number of piperidine rings is 1. The minimum absolute atomic E-state index is 0.0489. The quantitative estimate of drug-likeness (QED) is 0.372. The van der Waals surface area contributed by atoms with E-state index >= 15 is 0 Å². The van der Waals surface area contributed by atoms with E-state index in [0.717, 1.165) is 53.9 Å². The number of hydrogen-bond acceptors (Lipinski definition) is 5. The number of carbonyl (C=O) groups excluding carboxylic acids is 2. The molecule has 0 aromatic heterocycles. The molecule has 2 aromatic carbocycles. The van der Waals surface area contributed by atoms with Crippen molar-refractivity contribution in [1.29, 1.82) is 0 Å². The molecule has 180 valence electrons. The van der Waals surface area contributed by atoms with Crippen molar-refractivity contribution in [3.63, 3.8) is 0 Å². The smallest absolute Gasteiger partial charge is 0.414 e. The van der Waals surface area contributed by atoms with Crippen LogP contribution in [0.5, 0.6) is 0 Å². The predicted molar refractivity (Wildman–Crippen MR) is 131 cm³/mol. The number of benzene rings is 2. The van der Waals surface area contributed by atoms with Crippen molar-refractivity contribution >= 4 is 29.1 Å². The van der Waals surface area contributed by atoms with E-state index in [1.807, 2.05) is 50.2 Å². The molecule has 2 amide bonds. The molecule has 0 radical (unpaired) electrons. The normalized spacial score (nSPS) is 16.1. The van der Waals surface area contributed by atoms with Crippen molar-refractivity contribution in [2.75, 3.05) is 36.0 Å². The van der Waals surface area contributed by atoms with E-state index in [4.69, 9.17) is 4.74 Å². The van der Waals surface area contributed by atoms with E-state index in [2.05, 4.69) is 11.5 Å². The lowest BCUT2D eigenvalue weighted by atomic mass is 9.99. The largest absolute Gasteiger partial charge is 0.444 e. The maximum Gasteiger partial charge on any atom is 0.414 e. The molecule has 1 fully saturated rings. The van der Waals surface area contributed by atoms with Crippen LogP contribution in [0.3, 0.4) is 0 Å². The molecular weight excluding hydrogens is 432 g/mol. The zero-order chi connectivity index (χ0) is 24.2. The Balaban J connectivity index is 1.48. The predicted octanol–water partition coefficient (Wildman–Crippen LogP) is 3.43. The number of cyclic esters (lactones) is 1. The SMILES string of the molecule is C=C(C)CN(CC)C(=O)c1ccc(N2CCC(N3C(=O)OCc4ccccc43)CC2)c([NH2+]O)c1. The Hall–Kier alpha value is -3.36. The Morgan fingerprint density at radius 3 is 2.62 bits per heavy atom. The molecule has 2 aliphatic heterocycles. The molecule has 0 bridgehead atoms. The first-order valence-corrected chi connectivity index (χ1v) is 11.8. The maximum absolute atomic E-state index is 12.9. The molecule has 8 nitrogen and oxygen atoms in total. The number of ether oxygens (including phenoxy) is 1. The van der Waals surface area contributed by atoms with Crippen molar-refractivity contribution in [1.82, 2.24) is 4.90 Å². The van der Waals surface area contributed by atoms with Gasteiger partial charge in [-0.05, 0) is 44.9 Å². The van der Waals surface area contributed by atoms with Crippen LogP contribution < -0.4 is 15.3 Å². The number of rotatable bonds is 7. The van der Waals surface area contributed by atoms with Gasteiger partial charge in [-0.2, -0.15) is 5.48 Å². The van der Waals surface area contributed by atoms with Crippen LogP contribution in [-0.4, -0.2) is 54.3 Å². The van der Waals surface area contributed by atoms with E-state index in [0.29, 0.717) is 30.9 Å². The first-order valence-electron chi connectivity index (χ1n) is 11.8. The van der Waals surface area contributed by atoms with Gasteiger partial charge in [-0.1, -0.05) is 30.4 Å². The van der Waals surface area contributed by atoms with Crippen LogP contribution in [0.4, 0.5) is 21.9 Å². The number of nitrogens with two attached hydrogens (primary N) is 1. The number of para-hydroxylation sites is 1. The van der Waals surface area contributed by atoms with Gasteiger partial charge in [0, 0.05) is 49.4 Å². The highest BCUT2D eigenvalue weighted by Crippen LogP contribution is 2.34. The Morgan fingerprint density at radius 2 is 1.94 bits per heavy atom. The second-order valence-electron chi connectivity index (χ2n) is 8.95. The van der Waals surface area contributed by atoms with Gasteiger partial charge < -0.3 is 14.5 Å². The second-order valence-corrected chi connectivity index (χ2v) is 8.95. The standard InChI is InChI=1S/C26H32N4O4/c1-4-28(16-18(2)3)25(31)19-9-10-24(22(15-19)27-33)29-13-11-21(12-14-29)30-23-8-6-5-7-20(23)17-34-26(30)32/h5-10,15,21,27,33H,2,4,11-14,16-17H2,1,3H3/p+1. The molecule has 3 N–H and O–H groups in total. The summed E-state index contributed by atoms with van der Waals surface area (Å²) in [5.41, 5.74) is 5.96. The lowest BCUT2D eigenvalue weighted by Gasteiger charge is -2.40. The van der Waals surface area contributed by atoms with Gasteiger partial charge in [0.1, 0.15) is 12.3 Å². The molecule has 2 aliphatic rings. The van der Waals surface area contributed by atoms with Gasteiger partial charge >= 0.3 is 6.09 Å². The fourth-order valence-electron chi connectivity index (χ4n) is 4.80. The van der Waals surface area contributed by atoms with Crippen LogP contribution >= 0.6 is 0 Å². The van der Waals surface area contributed by atoms with Gasteiger partial charge in [0.15, 0.2) is 5.69 Å². The highest BCUT2D eigenvalue weighted by molar-refractivity contribution is 5.96. The van der Waals surface area contributed by atoms with E-state index in [1.54, 1.807) is 15.9 Å². The van der Waals surface area contributed by atoms with Gasteiger partial charge in [0.25, 0.3) is 5.91 Å². The van der Waals surface area contributed by atoms with Gasteiger partial charge in [-0.3, -0.25) is 9.69 Å². The molecule has 0 aliphatic carbocycles. The molecule has 0 spiro atoms. The lowest BCUT2D eigenvalue weighted by Crippen LogP contribution is -2.74. The van der Waals surface area contributed by atoms with E-state index < -0.39 is 0 Å². The minimum atomic E-state index is -0.292. The summed E-state index contributed by atoms with van der Waals surface area (Å²) in [6, 6.07) is 13.4. The first-order chi connectivity index (χ1) is 16.4. The monoisotopic (exact) mass is 465 g/mol. The summed E-state index contributed by atoms with van der Waals surface area (Å²) in [7, 11) is 0. The van der Waals surface area contributed by atoms with E-state index in [-0.39, 0.29) is 18.0 Å². The first kappa shape index (κ1) is 23.8. The number of anilines is 2. The Labute approximate surface area is 200 Å². The van der Waals surface area contributed by atoms with E-state index in [1.165, 1.54) is 0 Å². The average Bonchev–Trinajstić information content (AvgIpc) is 2.86. The van der Waals surface area contributed by atoms with Crippen LogP contribution in [0.1, 0.15) is 42.6 Å². The summed E-state index contributed by atoms with van der Waals surface area (Å²) < 4.78 is 5.40. The molecule has 0 atom stereocenters. The van der Waals surface area contributed by atoms with E-state index in [9.17, 15) is 14.8 Å². The van der Waals surface area contributed by atoms with Crippen LogP contribution in [0.2, 0.25) is 0 Å². The van der Waals surface area contributed by atoms with Crippen LogP contribution in [0, 0.1) is 0 Å². The number of fused-ring (bicyclic) bond motifs is 1. The molecular formula is C26H33N4O4+. The van der Waals surface area contributed by atoms with Crippen LogP contribution in [0.25, 0.3) is 0 Å². The summed E-state index contributed by atoms with van der Waals surface area (Å²) in [6.07, 6.45) is 1.26. The Morgan fingerprint density at radius 1 is 1.21 bits per heavy atom. The van der Waals surface area contributed by atoms with Crippen LogP contribution in [0.15, 0.2) is 54.6 Å². The van der Waals surface area contributed by atoms with Crippen molar-refractivity contribution < 1.29 is 25.0 Å². The van der Waals surface area contributed by atoms with Crippen molar-refractivity contribution in [3.05, 3.63) is 65.7 Å². The lowest BCUT2D eigenvalue weighted by molar-refractivity contribution is -0.825. The highest BCUT2D eigenvalue weighted by Gasteiger charge is 2.34. The summed E-state index contributed by atoms with van der Waals surface area (Å²) >= 11 is 0. The minimum Gasteiger partial charge on any atom is -0.444 e. The molecule has 1 saturated heterocycles. The van der Waals surface area contributed by atoms with Crippen LogP contribution in [-0.2, 0) is 11.3 Å². The third-order valence-electron chi connectivity index (χ3n) is 6.51. The van der Waals surface area contributed by atoms with Crippen molar-refractivity contribution in [3.8, 4) is 0 Å². The van der Waals surface area contributed by atoms with Gasteiger partial charge in [0.2, 0.25) is 0 Å². The summed E-state index contributed by atoms with van der Waals surface area (Å²) in [5, 5.41) is 9.94. The molecule has 0 saturated carbocycles. The summed E-state index contributed by atoms with van der Waals surface area (Å²) in [6.45, 7) is 10.6. The van der Waals surface area contributed by atoms with Gasteiger partial charge in [-0.25, -0.2) is 10.0 Å². The number of carbonyl (C=O) groups is 2. The number of hydrogen-bond donors (Lipinski definition) is 2. The zero-order valence-corrected chi connectivity index (χ0v) is 19.9. The van der Waals surface area contributed by atoms with Gasteiger partial charge in [0.05, 0.1) is 5.69 Å². The van der Waals surface area contributed by atoms with Crippen molar-refractivity contribution in [2.45, 2.75) is 39.3 Å². The number of amides is 2. The fraction of sp³-hybridized carbons (Fsp3) is 0.385. The molecule has 0 unspecified atom stereocenters.